The molecule has 0 aliphatic carbocycles. The van der Waals surface area contributed by atoms with Crippen LogP contribution in [0.2, 0.25) is 0 Å². The third kappa shape index (κ3) is 3.09. The molecule has 1 atom stereocenters. The van der Waals surface area contributed by atoms with Crippen molar-refractivity contribution in [2.75, 3.05) is 20.1 Å². The van der Waals surface area contributed by atoms with Crippen molar-refractivity contribution in [2.24, 2.45) is 5.73 Å². The molecule has 98 valence electrons. The number of hydrogen-bond acceptors (Lipinski definition) is 3. The van der Waals surface area contributed by atoms with Gasteiger partial charge in [-0.15, -0.1) is 0 Å². The number of nitrogens with two attached hydrogens (primary N) is 1. The first-order valence-corrected chi connectivity index (χ1v) is 6.32. The summed E-state index contributed by atoms with van der Waals surface area (Å²) in [5.41, 5.74) is 8.39. The zero-order chi connectivity index (χ0) is 13.1. The van der Waals surface area contributed by atoms with Gasteiger partial charge >= 0.3 is 5.97 Å². The van der Waals surface area contributed by atoms with Gasteiger partial charge in [-0.3, -0.25) is 4.79 Å². The molecule has 0 spiro atoms. The van der Waals surface area contributed by atoms with Gasteiger partial charge in [0.1, 0.15) is 0 Å². The van der Waals surface area contributed by atoms with E-state index in [1.54, 1.807) is 0 Å². The first-order chi connectivity index (χ1) is 8.56. The fraction of sp³-hybridized carbons (Fsp3) is 0.500. The van der Waals surface area contributed by atoms with E-state index in [0.29, 0.717) is 12.3 Å². The summed E-state index contributed by atoms with van der Waals surface area (Å²) >= 11 is 0. The van der Waals surface area contributed by atoms with Gasteiger partial charge in [-0.2, -0.15) is 0 Å². The zero-order valence-corrected chi connectivity index (χ0v) is 10.7. The number of likely N-dealkylation sites (N-methyl/N-ethyl adjacent to an activating group) is 1. The van der Waals surface area contributed by atoms with Gasteiger partial charge in [0.05, 0.1) is 0 Å². The number of carboxylic acids is 1. The predicted molar refractivity (Wildman–Crippen MR) is 70.5 cm³/mol. The van der Waals surface area contributed by atoms with Crippen LogP contribution in [0.1, 0.15) is 35.9 Å². The van der Waals surface area contributed by atoms with E-state index < -0.39 is 5.97 Å². The topological polar surface area (TPSA) is 66.6 Å². The maximum Gasteiger partial charge on any atom is 0.303 e. The van der Waals surface area contributed by atoms with E-state index in [9.17, 15) is 4.79 Å². The first kappa shape index (κ1) is 13.1. The van der Waals surface area contributed by atoms with Crippen LogP contribution in [-0.4, -0.2) is 36.1 Å². The van der Waals surface area contributed by atoms with E-state index in [2.05, 4.69) is 24.1 Å². The molecule has 18 heavy (non-hydrogen) atoms. The van der Waals surface area contributed by atoms with Crippen molar-refractivity contribution in [3.63, 3.8) is 0 Å². The zero-order valence-electron chi connectivity index (χ0n) is 10.7. The van der Waals surface area contributed by atoms with Crippen molar-refractivity contribution in [3.8, 4) is 0 Å². The summed E-state index contributed by atoms with van der Waals surface area (Å²) in [5, 5.41) is 8.67. The standard InChI is InChI=1S/C14H20N2O2/c1-16-8-12(9-16)10-3-2-4-11(7-10)13(15)5-6-14(17)18/h2-4,7,12-13H,5-6,8-9,15H2,1H3,(H,17,18). The number of carbonyl (C=O) groups is 1. The number of aliphatic carboxylic acids is 1. The number of carboxylic acid groups (broad SMARTS) is 1. The molecule has 1 aliphatic heterocycles. The maximum absolute atomic E-state index is 10.5. The molecule has 1 aromatic carbocycles. The molecule has 0 radical (unpaired) electrons. The molecule has 3 N–H and O–H groups in total. The summed E-state index contributed by atoms with van der Waals surface area (Å²) in [6.07, 6.45) is 0.612. The van der Waals surface area contributed by atoms with Crippen molar-refractivity contribution >= 4 is 5.97 Å². The van der Waals surface area contributed by atoms with Crippen LogP contribution < -0.4 is 5.73 Å². The molecule has 1 saturated heterocycles. The molecule has 1 heterocycles. The molecule has 4 heteroatoms. The minimum absolute atomic E-state index is 0.123. The average Bonchev–Trinajstić information content (AvgIpc) is 2.32. The Bertz CT molecular complexity index is 428. The van der Waals surface area contributed by atoms with Crippen LogP contribution >= 0.6 is 0 Å². The van der Waals surface area contributed by atoms with E-state index in [1.165, 1.54) is 5.56 Å². The molecule has 4 nitrogen and oxygen atoms in total. The van der Waals surface area contributed by atoms with Crippen LogP contribution in [0.4, 0.5) is 0 Å². The molecule has 0 bridgehead atoms. The summed E-state index contributed by atoms with van der Waals surface area (Å²) in [5.74, 6) is -0.191. The Morgan fingerprint density at radius 2 is 2.28 bits per heavy atom. The van der Waals surface area contributed by atoms with E-state index >= 15 is 0 Å². The predicted octanol–water partition coefficient (Wildman–Crippen LogP) is 1.58. The summed E-state index contributed by atoms with van der Waals surface area (Å²) in [6, 6.07) is 8.08. The lowest BCUT2D eigenvalue weighted by Crippen LogP contribution is -2.41. The Morgan fingerprint density at radius 1 is 1.56 bits per heavy atom. The quantitative estimate of drug-likeness (QED) is 0.830. The number of rotatable bonds is 5. The first-order valence-electron chi connectivity index (χ1n) is 6.32. The van der Waals surface area contributed by atoms with Crippen LogP contribution in [0.5, 0.6) is 0 Å². The molecule has 1 aromatic rings. The second kappa shape index (κ2) is 5.50. The minimum Gasteiger partial charge on any atom is -0.481 e. The summed E-state index contributed by atoms with van der Waals surface area (Å²) in [7, 11) is 2.11. The summed E-state index contributed by atoms with van der Waals surface area (Å²) in [4.78, 5) is 12.8. The maximum atomic E-state index is 10.5. The molecule has 0 aromatic heterocycles. The molecule has 0 saturated carbocycles. The lowest BCUT2D eigenvalue weighted by Gasteiger charge is -2.36. The van der Waals surface area contributed by atoms with Gasteiger partial charge in [-0.05, 0) is 24.6 Å². The Hall–Kier alpha value is -1.39. The summed E-state index contributed by atoms with van der Waals surface area (Å²) < 4.78 is 0. The minimum atomic E-state index is -0.790. The highest BCUT2D eigenvalue weighted by Crippen LogP contribution is 2.27. The van der Waals surface area contributed by atoms with Crippen LogP contribution in [0.25, 0.3) is 0 Å². The van der Waals surface area contributed by atoms with Gasteiger partial charge in [0.25, 0.3) is 0 Å². The van der Waals surface area contributed by atoms with E-state index in [-0.39, 0.29) is 12.5 Å². The molecule has 1 fully saturated rings. The van der Waals surface area contributed by atoms with E-state index in [1.807, 2.05) is 12.1 Å². The molecule has 1 unspecified atom stereocenters. The molecular formula is C14H20N2O2. The van der Waals surface area contributed by atoms with Gasteiger partial charge in [0, 0.05) is 31.5 Å². The van der Waals surface area contributed by atoms with Gasteiger partial charge in [-0.25, -0.2) is 0 Å². The fourth-order valence-electron chi connectivity index (χ4n) is 2.40. The van der Waals surface area contributed by atoms with Gasteiger partial charge < -0.3 is 15.7 Å². The van der Waals surface area contributed by atoms with E-state index in [0.717, 1.165) is 18.7 Å². The number of hydrogen-bond donors (Lipinski definition) is 2. The van der Waals surface area contributed by atoms with Crippen LogP contribution in [0, 0.1) is 0 Å². The normalized spacial score (nSPS) is 18.3. The highest BCUT2D eigenvalue weighted by molar-refractivity contribution is 5.66. The second-order valence-electron chi connectivity index (χ2n) is 5.13. The molecule has 0 amide bonds. The Morgan fingerprint density at radius 3 is 2.89 bits per heavy atom. The number of nitrogens with zero attached hydrogens (tertiary/aromatic N) is 1. The van der Waals surface area contributed by atoms with Gasteiger partial charge in [0.2, 0.25) is 0 Å². The largest absolute Gasteiger partial charge is 0.481 e. The van der Waals surface area contributed by atoms with Crippen molar-refractivity contribution in [3.05, 3.63) is 35.4 Å². The summed E-state index contributed by atoms with van der Waals surface area (Å²) in [6.45, 7) is 2.18. The lowest BCUT2D eigenvalue weighted by molar-refractivity contribution is -0.137. The second-order valence-corrected chi connectivity index (χ2v) is 5.13. The third-order valence-electron chi connectivity index (χ3n) is 3.54. The van der Waals surface area contributed by atoms with Crippen LogP contribution in [0.15, 0.2) is 24.3 Å². The van der Waals surface area contributed by atoms with Crippen molar-refractivity contribution in [1.82, 2.24) is 4.90 Å². The Labute approximate surface area is 107 Å². The van der Waals surface area contributed by atoms with Crippen molar-refractivity contribution in [1.29, 1.82) is 0 Å². The van der Waals surface area contributed by atoms with Crippen molar-refractivity contribution < 1.29 is 9.90 Å². The number of benzene rings is 1. The smallest absolute Gasteiger partial charge is 0.303 e. The Balaban J connectivity index is 2.00. The van der Waals surface area contributed by atoms with Crippen molar-refractivity contribution in [2.45, 2.75) is 24.8 Å². The highest BCUT2D eigenvalue weighted by Gasteiger charge is 2.25. The SMILES string of the molecule is CN1CC(c2cccc(C(N)CCC(=O)O)c2)C1. The molecular weight excluding hydrogens is 228 g/mol. The van der Waals surface area contributed by atoms with Crippen LogP contribution in [0.3, 0.4) is 0 Å². The third-order valence-corrected chi connectivity index (χ3v) is 3.54. The highest BCUT2D eigenvalue weighted by atomic mass is 16.4. The average molecular weight is 248 g/mol. The lowest BCUT2D eigenvalue weighted by atomic mass is 9.89. The molecule has 1 aliphatic rings. The molecule has 2 rings (SSSR count). The fourth-order valence-corrected chi connectivity index (χ4v) is 2.40. The Kier molecular flexibility index (Phi) is 3.99. The monoisotopic (exact) mass is 248 g/mol. The number of likely N-dealkylation sites (tertiary alicyclic amines) is 1. The van der Waals surface area contributed by atoms with Gasteiger partial charge in [-0.1, -0.05) is 24.3 Å². The van der Waals surface area contributed by atoms with E-state index in [4.69, 9.17) is 10.8 Å². The van der Waals surface area contributed by atoms with Crippen LogP contribution in [-0.2, 0) is 4.79 Å². The van der Waals surface area contributed by atoms with Gasteiger partial charge in [0.15, 0.2) is 0 Å².